The number of aliphatic carboxylic acids is 1. The second kappa shape index (κ2) is 15.1. The molecule has 230 valence electrons. The van der Waals surface area contributed by atoms with Gasteiger partial charge in [0.15, 0.2) is 0 Å². The van der Waals surface area contributed by atoms with E-state index in [4.69, 9.17) is 9.84 Å². The lowest BCUT2D eigenvalue weighted by Crippen LogP contribution is -2.39. The van der Waals surface area contributed by atoms with Crippen LogP contribution in [-0.2, 0) is 19.1 Å². The molecular weight excluding hydrogens is 550 g/mol. The highest BCUT2D eigenvalue weighted by Gasteiger charge is 2.54. The number of amides is 2. The number of hydrogen-bond acceptors (Lipinski definition) is 7. The van der Waals surface area contributed by atoms with Crippen LogP contribution in [0, 0.1) is 17.8 Å². The lowest BCUT2D eigenvalue weighted by molar-refractivity contribution is -0.141. The van der Waals surface area contributed by atoms with Crippen molar-refractivity contribution in [2.45, 2.75) is 51.0 Å². The van der Waals surface area contributed by atoms with E-state index in [1.54, 1.807) is 12.1 Å². The number of benzene rings is 2. The fourth-order valence-electron chi connectivity index (χ4n) is 6.47. The Morgan fingerprint density at radius 1 is 1.02 bits per heavy atom. The predicted octanol–water partition coefficient (Wildman–Crippen LogP) is 4.28. The van der Waals surface area contributed by atoms with Crippen LogP contribution in [0.15, 0.2) is 65.7 Å². The van der Waals surface area contributed by atoms with Gasteiger partial charge < -0.3 is 25.2 Å². The first-order valence-electron chi connectivity index (χ1n) is 14.9. The molecule has 4 N–H and O–H groups in total. The molecule has 1 heterocycles. The summed E-state index contributed by atoms with van der Waals surface area (Å²) in [5.41, 5.74) is 3.80. The highest BCUT2D eigenvalue weighted by molar-refractivity contribution is 6.05. The molecule has 4 rings (SSSR count). The summed E-state index contributed by atoms with van der Waals surface area (Å²) >= 11 is 0. The number of carboxylic acids is 1. The molecule has 9 nitrogen and oxygen atoms in total. The molecule has 0 unspecified atom stereocenters. The number of carboxylic acid groups (broad SMARTS) is 1. The van der Waals surface area contributed by atoms with Gasteiger partial charge in [-0.1, -0.05) is 55.0 Å². The van der Waals surface area contributed by atoms with Gasteiger partial charge in [0.2, 0.25) is 11.8 Å². The second-order valence-electron chi connectivity index (χ2n) is 11.3. The molecule has 1 fully saturated rings. The van der Waals surface area contributed by atoms with E-state index in [1.807, 2.05) is 48.5 Å². The fraction of sp³-hybridized carbons (Fsp3) is 0.441. The maximum atomic E-state index is 13.5. The van der Waals surface area contributed by atoms with Gasteiger partial charge in [0.25, 0.3) is 0 Å². The second-order valence-corrected chi connectivity index (χ2v) is 11.3. The number of aliphatic hydroxyl groups excluding tert-OH is 2. The predicted molar refractivity (Wildman–Crippen MR) is 162 cm³/mol. The Morgan fingerprint density at radius 2 is 1.74 bits per heavy atom. The van der Waals surface area contributed by atoms with E-state index in [-0.39, 0.29) is 43.6 Å². The summed E-state index contributed by atoms with van der Waals surface area (Å²) in [6.07, 6.45) is 3.51. The van der Waals surface area contributed by atoms with Crippen molar-refractivity contribution in [1.82, 2.24) is 4.90 Å². The van der Waals surface area contributed by atoms with Crippen LogP contribution in [-0.4, -0.2) is 76.1 Å². The first kappa shape index (κ1) is 32.1. The van der Waals surface area contributed by atoms with Crippen LogP contribution in [0.1, 0.15) is 56.1 Å². The van der Waals surface area contributed by atoms with E-state index in [0.29, 0.717) is 43.2 Å². The minimum atomic E-state index is -0.993. The van der Waals surface area contributed by atoms with Gasteiger partial charge in [-0.05, 0) is 66.5 Å². The molecule has 4 atom stereocenters. The van der Waals surface area contributed by atoms with Crippen LogP contribution >= 0.6 is 0 Å². The molecule has 1 aliphatic heterocycles. The molecule has 1 aliphatic carbocycles. The number of imide groups is 1. The summed E-state index contributed by atoms with van der Waals surface area (Å²) in [6, 6.07) is 16.7. The average molecular weight is 592 g/mol. The van der Waals surface area contributed by atoms with Gasteiger partial charge >= 0.3 is 5.97 Å². The number of phenolic OH excluding ortho intramolecular Hbond substituents is 1. The Bertz CT molecular complexity index is 1350. The normalized spacial score (nSPS) is 21.3. The minimum Gasteiger partial charge on any atom is -0.507 e. The van der Waals surface area contributed by atoms with Crippen molar-refractivity contribution in [3.63, 3.8) is 0 Å². The van der Waals surface area contributed by atoms with Crippen LogP contribution in [0.5, 0.6) is 5.75 Å². The van der Waals surface area contributed by atoms with Crippen molar-refractivity contribution in [1.29, 1.82) is 0 Å². The van der Waals surface area contributed by atoms with Gasteiger partial charge in [0.1, 0.15) is 5.75 Å². The summed E-state index contributed by atoms with van der Waals surface area (Å²) in [5, 5.41) is 41.4. The highest BCUT2D eigenvalue weighted by Crippen LogP contribution is 2.46. The standard InChI is InChI=1S/C34H41NO8/c1-43-21-25-19-26-32(34(42)35(33(26)41)17-9-3-6-14-30(39)40)27(20-36)31(25)29(38)16-15-23(22-10-4-2-5-11-22)18-24-12-7-8-13-28(24)37/h2,4-5,7-8,10-13,18,26-27,29,32,36-38H,3,6,9,14-17,19-21H2,1H3,(H,39,40)/b23-18-/t26-,27+,29-,32-/m1/s1. The number of unbranched alkanes of at least 4 members (excludes halogenated alkanes) is 2. The lowest BCUT2D eigenvalue weighted by Gasteiger charge is -2.36. The molecule has 9 heteroatoms. The van der Waals surface area contributed by atoms with Crippen LogP contribution in [0.2, 0.25) is 0 Å². The first-order valence-corrected chi connectivity index (χ1v) is 14.9. The summed E-state index contributed by atoms with van der Waals surface area (Å²) < 4.78 is 5.44. The van der Waals surface area contributed by atoms with Crippen LogP contribution in [0.25, 0.3) is 11.6 Å². The van der Waals surface area contributed by atoms with E-state index < -0.39 is 36.4 Å². The molecule has 0 bridgehead atoms. The Balaban J connectivity index is 1.55. The number of phenols is 1. The van der Waals surface area contributed by atoms with Crippen LogP contribution in [0.4, 0.5) is 0 Å². The Labute approximate surface area is 252 Å². The third-order valence-electron chi connectivity index (χ3n) is 8.52. The third-order valence-corrected chi connectivity index (χ3v) is 8.52. The number of allylic oxidation sites excluding steroid dienone is 1. The topological polar surface area (TPSA) is 145 Å². The minimum absolute atomic E-state index is 0.0406. The number of fused-ring (bicyclic) bond motifs is 1. The lowest BCUT2D eigenvalue weighted by atomic mass is 9.68. The monoisotopic (exact) mass is 591 g/mol. The van der Waals surface area contributed by atoms with Crippen molar-refractivity contribution in [2.75, 3.05) is 26.9 Å². The van der Waals surface area contributed by atoms with Gasteiger partial charge in [-0.3, -0.25) is 19.3 Å². The molecular formula is C34H41NO8. The number of rotatable bonds is 15. The molecule has 0 saturated carbocycles. The Morgan fingerprint density at radius 3 is 2.42 bits per heavy atom. The van der Waals surface area contributed by atoms with E-state index in [2.05, 4.69) is 0 Å². The fourth-order valence-corrected chi connectivity index (χ4v) is 6.47. The quantitative estimate of drug-likeness (QED) is 0.104. The number of methoxy groups -OCH3 is 1. The number of nitrogens with zero attached hydrogens (tertiary/aromatic N) is 1. The molecule has 0 spiro atoms. The maximum Gasteiger partial charge on any atom is 0.303 e. The largest absolute Gasteiger partial charge is 0.507 e. The third kappa shape index (κ3) is 7.60. The zero-order valence-corrected chi connectivity index (χ0v) is 24.5. The SMILES string of the molecule is COCC1=C([C@H](O)CC/C(=C/c2ccccc2O)c2ccccc2)[C@H](CO)[C@@H]2C(=O)N(CCCCCC(=O)O)C(=O)[C@@H]2C1. The van der Waals surface area contributed by atoms with Crippen molar-refractivity contribution >= 4 is 29.4 Å². The zero-order valence-electron chi connectivity index (χ0n) is 24.5. The van der Waals surface area contributed by atoms with E-state index in [0.717, 1.165) is 16.7 Å². The number of carbonyl (C=O) groups excluding carboxylic acids is 2. The molecule has 0 aromatic heterocycles. The molecule has 2 aromatic carbocycles. The molecule has 2 aliphatic rings. The summed E-state index contributed by atoms with van der Waals surface area (Å²) in [7, 11) is 1.53. The van der Waals surface area contributed by atoms with Crippen LogP contribution < -0.4 is 0 Å². The average Bonchev–Trinajstić information content (AvgIpc) is 3.23. The van der Waals surface area contributed by atoms with Crippen molar-refractivity contribution in [2.24, 2.45) is 17.8 Å². The number of para-hydroxylation sites is 1. The van der Waals surface area contributed by atoms with Crippen molar-refractivity contribution < 1.29 is 39.5 Å². The number of hydrogen-bond donors (Lipinski definition) is 4. The first-order chi connectivity index (χ1) is 20.8. The number of aliphatic hydroxyl groups is 2. The number of likely N-dealkylation sites (tertiary alicyclic amines) is 1. The van der Waals surface area contributed by atoms with E-state index in [9.17, 15) is 29.7 Å². The smallest absolute Gasteiger partial charge is 0.303 e. The van der Waals surface area contributed by atoms with Gasteiger partial charge in [-0.25, -0.2) is 0 Å². The van der Waals surface area contributed by atoms with Gasteiger partial charge in [0.05, 0.1) is 31.2 Å². The van der Waals surface area contributed by atoms with E-state index >= 15 is 0 Å². The summed E-state index contributed by atoms with van der Waals surface area (Å²) in [6.45, 7) is -0.0228. The summed E-state index contributed by atoms with van der Waals surface area (Å²) in [4.78, 5) is 38.9. The van der Waals surface area contributed by atoms with E-state index in [1.165, 1.54) is 12.0 Å². The highest BCUT2D eigenvalue weighted by atomic mass is 16.5. The molecule has 2 aromatic rings. The van der Waals surface area contributed by atoms with Gasteiger partial charge in [0, 0.05) is 31.6 Å². The Kier molecular flexibility index (Phi) is 11.3. The summed E-state index contributed by atoms with van der Waals surface area (Å²) in [5.74, 6) is -3.50. The molecule has 0 radical (unpaired) electrons. The van der Waals surface area contributed by atoms with Gasteiger partial charge in [-0.15, -0.1) is 0 Å². The number of ether oxygens (including phenoxy) is 1. The zero-order chi connectivity index (χ0) is 30.9. The molecule has 1 saturated heterocycles. The van der Waals surface area contributed by atoms with Crippen LogP contribution in [0.3, 0.4) is 0 Å². The van der Waals surface area contributed by atoms with Crippen molar-refractivity contribution in [3.05, 3.63) is 76.9 Å². The molecule has 43 heavy (non-hydrogen) atoms. The van der Waals surface area contributed by atoms with Crippen molar-refractivity contribution in [3.8, 4) is 5.75 Å². The number of carbonyl (C=O) groups is 3. The van der Waals surface area contributed by atoms with Gasteiger partial charge in [-0.2, -0.15) is 0 Å². The number of aromatic hydroxyl groups is 1. The molecule has 2 amide bonds. The Hall–Kier alpha value is -3.79. The maximum absolute atomic E-state index is 13.5.